The number of carboxylic acids is 1. The molecule has 16 heavy (non-hydrogen) atoms. The number of carboxylic acid groups (broad SMARTS) is 1. The average Bonchev–Trinajstić information content (AvgIpc) is 3.00. The van der Waals surface area contributed by atoms with Crippen LogP contribution in [0.25, 0.3) is 0 Å². The molecule has 1 amide bonds. The van der Waals surface area contributed by atoms with E-state index in [0.29, 0.717) is 12.8 Å². The lowest BCUT2D eigenvalue weighted by Gasteiger charge is -2.11. The molecule has 2 rings (SSSR count). The van der Waals surface area contributed by atoms with Gasteiger partial charge < -0.3 is 10.4 Å². The molecular formula is C10H9FN2O3. The highest BCUT2D eigenvalue weighted by Crippen LogP contribution is 2.35. The van der Waals surface area contributed by atoms with Gasteiger partial charge in [-0.2, -0.15) is 4.39 Å². The highest BCUT2D eigenvalue weighted by Gasteiger charge is 2.51. The fourth-order valence-electron chi connectivity index (χ4n) is 1.32. The number of rotatable bonds is 3. The number of aliphatic carboxylic acids is 1. The topological polar surface area (TPSA) is 79.3 Å². The van der Waals surface area contributed by atoms with Gasteiger partial charge in [-0.1, -0.05) is 0 Å². The van der Waals surface area contributed by atoms with Gasteiger partial charge in [-0.15, -0.1) is 0 Å². The number of carbonyl (C=O) groups excluding carboxylic acids is 1. The Morgan fingerprint density at radius 2 is 2.12 bits per heavy atom. The summed E-state index contributed by atoms with van der Waals surface area (Å²) in [4.78, 5) is 25.7. The Bertz CT molecular complexity index is 440. The maximum absolute atomic E-state index is 12.5. The molecule has 1 aromatic rings. The number of carbonyl (C=O) groups is 2. The fourth-order valence-corrected chi connectivity index (χ4v) is 1.32. The molecule has 0 aromatic carbocycles. The molecule has 0 bridgehead atoms. The second-order valence-corrected chi connectivity index (χ2v) is 3.71. The van der Waals surface area contributed by atoms with E-state index in [-0.39, 0.29) is 5.56 Å². The number of hydrogen-bond donors (Lipinski definition) is 2. The predicted molar refractivity (Wildman–Crippen MR) is 51.3 cm³/mol. The Kier molecular flexibility index (Phi) is 2.34. The standard InChI is InChI=1S/C10H9FN2O3/c11-7-2-1-6(5-12-7)8(14)13-10(3-4-10)9(15)16/h1-2,5H,3-4H2,(H,13,14)(H,15,16). The van der Waals surface area contributed by atoms with Crippen LogP contribution in [-0.4, -0.2) is 27.5 Å². The van der Waals surface area contributed by atoms with Crippen LogP contribution in [0.2, 0.25) is 0 Å². The van der Waals surface area contributed by atoms with Crippen molar-refractivity contribution in [2.75, 3.05) is 0 Å². The largest absolute Gasteiger partial charge is 0.480 e. The molecule has 0 saturated heterocycles. The first kappa shape index (κ1) is 10.5. The van der Waals surface area contributed by atoms with Gasteiger partial charge in [0.05, 0.1) is 5.56 Å². The van der Waals surface area contributed by atoms with Crippen LogP contribution in [0.1, 0.15) is 23.2 Å². The van der Waals surface area contributed by atoms with Crippen LogP contribution in [0.4, 0.5) is 4.39 Å². The molecule has 1 aliphatic rings. The minimum absolute atomic E-state index is 0.147. The van der Waals surface area contributed by atoms with E-state index in [9.17, 15) is 14.0 Å². The zero-order valence-corrected chi connectivity index (χ0v) is 8.24. The van der Waals surface area contributed by atoms with Gasteiger partial charge in [0.1, 0.15) is 5.54 Å². The van der Waals surface area contributed by atoms with Gasteiger partial charge in [0, 0.05) is 6.20 Å². The highest BCUT2D eigenvalue weighted by molar-refractivity contribution is 5.98. The Morgan fingerprint density at radius 1 is 1.44 bits per heavy atom. The molecule has 1 heterocycles. The van der Waals surface area contributed by atoms with E-state index in [1.54, 1.807) is 0 Å². The Labute approximate surface area is 90.3 Å². The van der Waals surface area contributed by atoms with Crippen molar-refractivity contribution in [2.24, 2.45) is 0 Å². The summed E-state index contributed by atoms with van der Waals surface area (Å²) in [6.45, 7) is 0. The van der Waals surface area contributed by atoms with Crippen LogP contribution in [0.15, 0.2) is 18.3 Å². The van der Waals surface area contributed by atoms with Crippen molar-refractivity contribution in [3.05, 3.63) is 29.8 Å². The SMILES string of the molecule is O=C(NC1(C(=O)O)CC1)c1ccc(F)nc1. The number of amides is 1. The van der Waals surface area contributed by atoms with E-state index in [0.717, 1.165) is 12.3 Å². The minimum Gasteiger partial charge on any atom is -0.480 e. The van der Waals surface area contributed by atoms with E-state index in [4.69, 9.17) is 5.11 Å². The van der Waals surface area contributed by atoms with Gasteiger partial charge in [0.2, 0.25) is 5.95 Å². The third kappa shape index (κ3) is 1.86. The third-order valence-corrected chi connectivity index (χ3v) is 2.50. The van der Waals surface area contributed by atoms with Crippen molar-refractivity contribution in [2.45, 2.75) is 18.4 Å². The molecular weight excluding hydrogens is 215 g/mol. The molecule has 84 valence electrons. The lowest BCUT2D eigenvalue weighted by molar-refractivity contribution is -0.140. The molecule has 1 aliphatic carbocycles. The summed E-state index contributed by atoms with van der Waals surface area (Å²) in [6, 6.07) is 2.31. The Balaban J connectivity index is 2.09. The lowest BCUT2D eigenvalue weighted by Crippen LogP contribution is -2.43. The van der Waals surface area contributed by atoms with Crippen LogP contribution < -0.4 is 5.32 Å². The van der Waals surface area contributed by atoms with Crippen LogP contribution >= 0.6 is 0 Å². The summed E-state index contributed by atoms with van der Waals surface area (Å²) < 4.78 is 12.5. The molecule has 0 unspecified atom stereocenters. The number of hydrogen-bond acceptors (Lipinski definition) is 3. The summed E-state index contributed by atoms with van der Waals surface area (Å²) in [5.74, 6) is -2.28. The Hall–Kier alpha value is -1.98. The minimum atomic E-state index is -1.13. The van der Waals surface area contributed by atoms with Crippen LogP contribution in [0.5, 0.6) is 0 Å². The van der Waals surface area contributed by atoms with Gasteiger partial charge in [-0.3, -0.25) is 4.79 Å². The molecule has 5 nitrogen and oxygen atoms in total. The highest BCUT2D eigenvalue weighted by atomic mass is 19.1. The smallest absolute Gasteiger partial charge is 0.329 e. The van der Waals surface area contributed by atoms with Gasteiger partial charge in [0.25, 0.3) is 5.91 Å². The lowest BCUT2D eigenvalue weighted by atomic mass is 10.2. The first-order chi connectivity index (χ1) is 7.53. The van der Waals surface area contributed by atoms with Gasteiger partial charge >= 0.3 is 5.97 Å². The molecule has 2 N–H and O–H groups in total. The van der Waals surface area contributed by atoms with Crippen molar-refractivity contribution in [3.8, 4) is 0 Å². The third-order valence-electron chi connectivity index (χ3n) is 2.50. The van der Waals surface area contributed by atoms with Crippen molar-refractivity contribution in [3.63, 3.8) is 0 Å². The van der Waals surface area contributed by atoms with E-state index in [1.165, 1.54) is 6.07 Å². The first-order valence-corrected chi connectivity index (χ1v) is 4.71. The maximum Gasteiger partial charge on any atom is 0.329 e. The number of nitrogens with one attached hydrogen (secondary N) is 1. The van der Waals surface area contributed by atoms with Gasteiger partial charge in [-0.25, -0.2) is 9.78 Å². The van der Waals surface area contributed by atoms with Crippen molar-refractivity contribution in [1.82, 2.24) is 10.3 Å². The number of nitrogens with zero attached hydrogens (tertiary/aromatic N) is 1. The summed E-state index contributed by atoms with van der Waals surface area (Å²) in [5, 5.41) is 11.3. The Morgan fingerprint density at radius 3 is 2.56 bits per heavy atom. The van der Waals surface area contributed by atoms with E-state index in [1.807, 2.05) is 0 Å². The zero-order valence-electron chi connectivity index (χ0n) is 8.24. The molecule has 1 saturated carbocycles. The van der Waals surface area contributed by atoms with Crippen LogP contribution in [0, 0.1) is 5.95 Å². The first-order valence-electron chi connectivity index (χ1n) is 4.71. The number of halogens is 1. The summed E-state index contributed by atoms with van der Waals surface area (Å²) in [7, 11) is 0. The van der Waals surface area contributed by atoms with Crippen LogP contribution in [0.3, 0.4) is 0 Å². The van der Waals surface area contributed by atoms with Crippen molar-refractivity contribution in [1.29, 1.82) is 0 Å². The molecule has 1 fully saturated rings. The van der Waals surface area contributed by atoms with Crippen molar-refractivity contribution >= 4 is 11.9 Å². The summed E-state index contributed by atoms with van der Waals surface area (Å²) in [5.41, 5.74) is -0.986. The monoisotopic (exact) mass is 224 g/mol. The summed E-state index contributed by atoms with van der Waals surface area (Å²) >= 11 is 0. The predicted octanol–water partition coefficient (Wildman–Crippen LogP) is 0.568. The molecule has 1 aromatic heterocycles. The number of aromatic nitrogens is 1. The van der Waals surface area contributed by atoms with Crippen LogP contribution in [-0.2, 0) is 4.79 Å². The average molecular weight is 224 g/mol. The van der Waals surface area contributed by atoms with Crippen molar-refractivity contribution < 1.29 is 19.1 Å². The molecule has 0 spiro atoms. The molecule has 0 radical (unpaired) electrons. The fraction of sp³-hybridized carbons (Fsp3) is 0.300. The van der Waals surface area contributed by atoms with E-state index >= 15 is 0 Å². The second-order valence-electron chi connectivity index (χ2n) is 3.71. The van der Waals surface area contributed by atoms with Gasteiger partial charge in [-0.05, 0) is 25.0 Å². The zero-order chi connectivity index (χ0) is 11.8. The molecule has 0 aliphatic heterocycles. The molecule has 6 heteroatoms. The van der Waals surface area contributed by atoms with E-state index < -0.39 is 23.4 Å². The normalized spacial score (nSPS) is 16.6. The van der Waals surface area contributed by atoms with E-state index in [2.05, 4.69) is 10.3 Å². The molecule has 0 atom stereocenters. The van der Waals surface area contributed by atoms with Gasteiger partial charge in [0.15, 0.2) is 0 Å². The number of pyridine rings is 1. The summed E-state index contributed by atoms with van der Waals surface area (Å²) in [6.07, 6.45) is 1.91. The maximum atomic E-state index is 12.5. The quantitative estimate of drug-likeness (QED) is 0.735. The second kappa shape index (κ2) is 3.55.